The first-order valence-electron chi connectivity index (χ1n) is 4.24. The second-order valence-corrected chi connectivity index (χ2v) is 5.00. The van der Waals surface area contributed by atoms with E-state index in [1.54, 1.807) is 0 Å². The molecule has 0 saturated carbocycles. The molecule has 0 amide bonds. The fourth-order valence-corrected chi connectivity index (χ4v) is 2.30. The molecule has 1 rings (SSSR count). The van der Waals surface area contributed by atoms with Crippen LogP contribution in [0.25, 0.3) is 0 Å². The summed E-state index contributed by atoms with van der Waals surface area (Å²) < 4.78 is 1.04. The van der Waals surface area contributed by atoms with Crippen LogP contribution in [0.3, 0.4) is 0 Å². The highest BCUT2D eigenvalue weighted by Crippen LogP contribution is 2.22. The van der Waals surface area contributed by atoms with Crippen molar-refractivity contribution in [3.63, 3.8) is 0 Å². The van der Waals surface area contributed by atoms with Gasteiger partial charge >= 0.3 is 0 Å². The van der Waals surface area contributed by atoms with Gasteiger partial charge in [-0.25, -0.2) is 0 Å². The Morgan fingerprint density at radius 2 is 2.00 bits per heavy atom. The van der Waals surface area contributed by atoms with Crippen LogP contribution in [0, 0.1) is 0 Å². The van der Waals surface area contributed by atoms with E-state index < -0.39 is 0 Å². The Hall–Kier alpha value is 0.470. The van der Waals surface area contributed by atoms with Crippen LogP contribution in [0.5, 0.6) is 0 Å². The third-order valence-electron chi connectivity index (χ3n) is 1.84. The highest BCUT2D eigenvalue weighted by atomic mass is 79.9. The number of unbranched alkanes of at least 4 members (excludes halogenated alkanes) is 1. The quantitative estimate of drug-likeness (QED) is 0.550. The normalized spacial score (nSPS) is 10.4. The first-order valence-corrected chi connectivity index (χ1v) is 6.53. The fourth-order valence-electron chi connectivity index (χ4n) is 1.13. The van der Waals surface area contributed by atoms with E-state index in [1.165, 1.54) is 18.4 Å². The summed E-state index contributed by atoms with van der Waals surface area (Å²) in [6, 6.07) is 6.07. The Bertz CT molecular complexity index is 274. The lowest BCUT2D eigenvalue weighted by atomic mass is 10.1. The number of hydrogen-bond acceptors (Lipinski definition) is 0. The molecule has 0 radical (unpaired) electrons. The lowest BCUT2D eigenvalue weighted by Crippen LogP contribution is -1.87. The summed E-state index contributed by atoms with van der Waals surface area (Å²) >= 11 is 12.9. The summed E-state index contributed by atoms with van der Waals surface area (Å²) in [4.78, 5) is 0. The topological polar surface area (TPSA) is 0 Å². The monoisotopic (exact) mass is 324 g/mol. The van der Waals surface area contributed by atoms with Gasteiger partial charge in [0.05, 0.1) is 0 Å². The van der Waals surface area contributed by atoms with E-state index >= 15 is 0 Å². The largest absolute Gasteiger partial charge is 0.0928 e. The zero-order chi connectivity index (χ0) is 9.68. The molecule has 0 aliphatic carbocycles. The predicted molar refractivity (Wildman–Crippen MR) is 65.9 cm³/mol. The molecule has 1 aromatic carbocycles. The van der Waals surface area contributed by atoms with Gasteiger partial charge in [-0.2, -0.15) is 0 Å². The van der Waals surface area contributed by atoms with Crippen molar-refractivity contribution in [2.24, 2.45) is 0 Å². The van der Waals surface area contributed by atoms with Crippen molar-refractivity contribution in [2.45, 2.75) is 19.3 Å². The highest BCUT2D eigenvalue weighted by molar-refractivity contribution is 9.10. The zero-order valence-corrected chi connectivity index (χ0v) is 11.1. The minimum atomic E-state index is 0.865. The van der Waals surface area contributed by atoms with Gasteiger partial charge in [0.2, 0.25) is 0 Å². The summed E-state index contributed by atoms with van der Waals surface area (Å²) in [5.74, 6) is 0. The maximum atomic E-state index is 6.07. The van der Waals surface area contributed by atoms with E-state index in [4.69, 9.17) is 11.6 Å². The van der Waals surface area contributed by atoms with Gasteiger partial charge in [0.15, 0.2) is 0 Å². The lowest BCUT2D eigenvalue weighted by molar-refractivity contribution is 0.806. The molecule has 0 N–H and O–H groups in total. The summed E-state index contributed by atoms with van der Waals surface area (Å²) in [5.41, 5.74) is 1.24. The van der Waals surface area contributed by atoms with Crippen LogP contribution in [0.1, 0.15) is 18.4 Å². The van der Waals surface area contributed by atoms with Crippen molar-refractivity contribution in [2.75, 3.05) is 5.33 Å². The van der Waals surface area contributed by atoms with Crippen molar-refractivity contribution in [3.05, 3.63) is 33.3 Å². The molecular formula is C10H11Br2Cl. The number of aryl methyl sites for hydroxylation is 1. The molecule has 0 aliphatic heterocycles. The van der Waals surface area contributed by atoms with Gasteiger partial charge in [-0.3, -0.25) is 0 Å². The Balaban J connectivity index is 2.56. The summed E-state index contributed by atoms with van der Waals surface area (Å²) in [7, 11) is 0. The predicted octanol–water partition coefficient (Wildman–Crippen LogP) is 4.82. The van der Waals surface area contributed by atoms with Crippen LogP contribution in [-0.4, -0.2) is 5.33 Å². The summed E-state index contributed by atoms with van der Waals surface area (Å²) in [5, 5.41) is 1.94. The first kappa shape index (κ1) is 11.5. The van der Waals surface area contributed by atoms with Crippen LogP contribution in [0.4, 0.5) is 0 Å². The van der Waals surface area contributed by atoms with Gasteiger partial charge in [-0.1, -0.05) is 49.5 Å². The molecule has 0 saturated heterocycles. The van der Waals surface area contributed by atoms with Crippen LogP contribution >= 0.6 is 43.5 Å². The smallest absolute Gasteiger partial charge is 0.0449 e. The average Bonchev–Trinajstić information content (AvgIpc) is 2.09. The first-order chi connectivity index (χ1) is 6.24. The standard InChI is InChI=1S/C10H11Br2Cl/c11-6-2-1-3-8-4-5-9(12)7-10(8)13/h4-5,7H,1-3,6H2. The van der Waals surface area contributed by atoms with Crippen molar-refractivity contribution in [1.82, 2.24) is 0 Å². The van der Waals surface area contributed by atoms with Gasteiger partial charge in [0.1, 0.15) is 0 Å². The number of hydrogen-bond donors (Lipinski definition) is 0. The van der Waals surface area contributed by atoms with E-state index in [0.29, 0.717) is 0 Å². The molecule has 0 spiro atoms. The summed E-state index contributed by atoms with van der Waals surface area (Å²) in [6.45, 7) is 0. The molecule has 0 nitrogen and oxygen atoms in total. The molecule has 0 fully saturated rings. The molecule has 1 aromatic rings. The lowest BCUT2D eigenvalue weighted by Gasteiger charge is -2.03. The summed E-state index contributed by atoms with van der Waals surface area (Å²) in [6.07, 6.45) is 3.46. The number of halogens is 3. The number of benzene rings is 1. The zero-order valence-electron chi connectivity index (χ0n) is 7.19. The van der Waals surface area contributed by atoms with Crippen molar-refractivity contribution < 1.29 is 0 Å². The van der Waals surface area contributed by atoms with Gasteiger partial charge in [0, 0.05) is 14.8 Å². The second-order valence-electron chi connectivity index (χ2n) is 2.88. The van der Waals surface area contributed by atoms with E-state index in [-0.39, 0.29) is 0 Å². The molecule has 13 heavy (non-hydrogen) atoms. The second kappa shape index (κ2) is 6.05. The van der Waals surface area contributed by atoms with E-state index in [9.17, 15) is 0 Å². The number of rotatable bonds is 4. The van der Waals surface area contributed by atoms with Gasteiger partial charge < -0.3 is 0 Å². The van der Waals surface area contributed by atoms with Crippen molar-refractivity contribution >= 4 is 43.5 Å². The molecule has 0 aromatic heterocycles. The van der Waals surface area contributed by atoms with Gasteiger partial charge in [0.25, 0.3) is 0 Å². The Morgan fingerprint density at radius 1 is 1.23 bits per heavy atom. The maximum Gasteiger partial charge on any atom is 0.0449 e. The Labute approximate surface area is 101 Å². The molecule has 0 aliphatic rings. The molecular weight excluding hydrogens is 315 g/mol. The van der Waals surface area contributed by atoms with E-state index in [2.05, 4.69) is 37.9 Å². The molecule has 0 bridgehead atoms. The highest BCUT2D eigenvalue weighted by Gasteiger charge is 2.00. The van der Waals surface area contributed by atoms with Crippen LogP contribution in [0.15, 0.2) is 22.7 Å². The van der Waals surface area contributed by atoms with Crippen LogP contribution in [0.2, 0.25) is 5.02 Å². The van der Waals surface area contributed by atoms with Crippen LogP contribution in [-0.2, 0) is 6.42 Å². The van der Waals surface area contributed by atoms with Crippen molar-refractivity contribution in [3.8, 4) is 0 Å². The molecule has 3 heteroatoms. The SMILES string of the molecule is Clc1cc(Br)ccc1CCCCBr. The Morgan fingerprint density at radius 3 is 2.62 bits per heavy atom. The van der Waals surface area contributed by atoms with Gasteiger partial charge in [-0.15, -0.1) is 0 Å². The minimum absolute atomic E-state index is 0.865. The van der Waals surface area contributed by atoms with Crippen molar-refractivity contribution in [1.29, 1.82) is 0 Å². The van der Waals surface area contributed by atoms with Crippen LogP contribution < -0.4 is 0 Å². The number of alkyl halides is 1. The third kappa shape index (κ3) is 4.01. The van der Waals surface area contributed by atoms with E-state index in [1.807, 2.05) is 12.1 Å². The minimum Gasteiger partial charge on any atom is -0.0928 e. The fraction of sp³-hybridized carbons (Fsp3) is 0.400. The molecule has 0 atom stereocenters. The third-order valence-corrected chi connectivity index (χ3v) is 3.25. The molecule has 0 heterocycles. The Kier molecular flexibility index (Phi) is 5.37. The van der Waals surface area contributed by atoms with Gasteiger partial charge in [-0.05, 0) is 37.0 Å². The molecule has 72 valence electrons. The maximum absolute atomic E-state index is 6.07. The van der Waals surface area contributed by atoms with E-state index in [0.717, 1.165) is 21.2 Å². The average molecular weight is 326 g/mol. The molecule has 0 unspecified atom stereocenters.